The number of hydrogen-bond acceptors (Lipinski definition) is 7. The number of carbonyl (C=O) groups is 1. The first kappa shape index (κ1) is 17.3. The molecule has 0 aromatic heterocycles. The second kappa shape index (κ2) is 6.79. The van der Waals surface area contributed by atoms with Crippen LogP contribution in [0.4, 0.5) is 0 Å². The summed E-state index contributed by atoms with van der Waals surface area (Å²) in [4.78, 5) is 11.1. The van der Waals surface area contributed by atoms with Gasteiger partial charge in [-0.1, -0.05) is 20.3 Å². The smallest absolute Gasteiger partial charge is 0.320 e. The average molecular weight is 293 g/mol. The fourth-order valence-electron chi connectivity index (χ4n) is 2.07. The van der Waals surface area contributed by atoms with Crippen LogP contribution >= 0.6 is 0 Å². The molecule has 1 fully saturated rings. The molecule has 1 aliphatic heterocycles. The van der Waals surface area contributed by atoms with Crippen molar-refractivity contribution in [3.05, 3.63) is 0 Å². The Morgan fingerprint density at radius 1 is 1.45 bits per heavy atom. The number of nitrogens with one attached hydrogen (secondary N) is 1. The molecule has 8 heteroatoms. The van der Waals surface area contributed by atoms with Crippen LogP contribution < -0.4 is 5.32 Å². The van der Waals surface area contributed by atoms with Crippen LogP contribution in [0.1, 0.15) is 20.3 Å². The fraction of sp³-hybridized carbons (Fsp3) is 0.917. The third-order valence-corrected chi connectivity index (χ3v) is 3.74. The summed E-state index contributed by atoms with van der Waals surface area (Å²) >= 11 is 0. The first-order valence-corrected chi connectivity index (χ1v) is 6.59. The van der Waals surface area contributed by atoms with Crippen molar-refractivity contribution in [3.63, 3.8) is 0 Å². The molecule has 8 nitrogen and oxygen atoms in total. The van der Waals surface area contributed by atoms with E-state index in [0.717, 1.165) is 0 Å². The van der Waals surface area contributed by atoms with Crippen LogP contribution in [0.2, 0.25) is 0 Å². The summed E-state index contributed by atoms with van der Waals surface area (Å²) in [6, 6.07) is -0.913. The van der Waals surface area contributed by atoms with Crippen molar-refractivity contribution >= 4 is 5.97 Å². The zero-order chi connectivity index (χ0) is 15.5. The van der Waals surface area contributed by atoms with E-state index in [0.29, 0.717) is 6.42 Å². The Morgan fingerprint density at radius 3 is 2.55 bits per heavy atom. The Kier molecular flexibility index (Phi) is 5.87. The van der Waals surface area contributed by atoms with Crippen molar-refractivity contribution in [3.8, 4) is 0 Å². The summed E-state index contributed by atoms with van der Waals surface area (Å²) in [7, 11) is 0. The van der Waals surface area contributed by atoms with Gasteiger partial charge in [0.1, 0.15) is 24.4 Å². The van der Waals surface area contributed by atoms with Gasteiger partial charge in [-0.05, 0) is 5.92 Å². The number of rotatable bonds is 6. The largest absolute Gasteiger partial charge is 0.480 e. The van der Waals surface area contributed by atoms with Gasteiger partial charge < -0.3 is 30.3 Å². The number of aliphatic hydroxyl groups is 4. The molecule has 0 unspecified atom stereocenters. The van der Waals surface area contributed by atoms with Crippen LogP contribution in [0.3, 0.4) is 0 Å². The molecule has 6 N–H and O–H groups in total. The Balaban J connectivity index is 2.69. The Labute approximate surface area is 117 Å². The zero-order valence-corrected chi connectivity index (χ0v) is 11.6. The van der Waals surface area contributed by atoms with Gasteiger partial charge in [-0.15, -0.1) is 0 Å². The molecule has 20 heavy (non-hydrogen) atoms. The maximum Gasteiger partial charge on any atom is 0.320 e. The summed E-state index contributed by atoms with van der Waals surface area (Å²) < 4.78 is 4.94. The molecule has 1 saturated heterocycles. The lowest BCUT2D eigenvalue weighted by atomic mass is 9.95. The summed E-state index contributed by atoms with van der Waals surface area (Å²) in [6.07, 6.45) is -3.96. The van der Waals surface area contributed by atoms with E-state index < -0.39 is 36.1 Å². The lowest BCUT2D eigenvalue weighted by Crippen LogP contribution is -2.65. The molecule has 0 aliphatic carbocycles. The lowest BCUT2D eigenvalue weighted by Gasteiger charge is -2.42. The topological polar surface area (TPSA) is 139 Å². The monoisotopic (exact) mass is 293 g/mol. The third-order valence-electron chi connectivity index (χ3n) is 3.74. The highest BCUT2D eigenvalue weighted by Crippen LogP contribution is 2.23. The molecule has 118 valence electrons. The maximum absolute atomic E-state index is 11.1. The predicted octanol–water partition coefficient (Wildman–Crippen LogP) is -2.12. The second-order valence-electron chi connectivity index (χ2n) is 5.24. The normalized spacial score (nSPS) is 37.4. The van der Waals surface area contributed by atoms with Crippen molar-refractivity contribution in [2.45, 2.75) is 50.4 Å². The van der Waals surface area contributed by atoms with E-state index in [4.69, 9.17) is 9.84 Å². The minimum atomic E-state index is -2.14. The number of hydrogen-bond donors (Lipinski definition) is 6. The van der Waals surface area contributed by atoms with Gasteiger partial charge in [0.15, 0.2) is 0 Å². The maximum atomic E-state index is 11.1. The number of carboxylic acids is 1. The van der Waals surface area contributed by atoms with Crippen LogP contribution in [0.5, 0.6) is 0 Å². The minimum Gasteiger partial charge on any atom is -0.480 e. The van der Waals surface area contributed by atoms with E-state index >= 15 is 0 Å². The van der Waals surface area contributed by atoms with E-state index in [1.807, 2.05) is 6.92 Å². The molecule has 0 aromatic rings. The van der Waals surface area contributed by atoms with Crippen LogP contribution in [-0.2, 0) is 9.53 Å². The van der Waals surface area contributed by atoms with Crippen molar-refractivity contribution in [2.75, 3.05) is 13.2 Å². The van der Waals surface area contributed by atoms with E-state index in [1.54, 1.807) is 6.92 Å². The highest BCUT2D eigenvalue weighted by Gasteiger charge is 2.48. The van der Waals surface area contributed by atoms with Crippen LogP contribution in [0.15, 0.2) is 0 Å². The highest BCUT2D eigenvalue weighted by atomic mass is 16.6. The van der Waals surface area contributed by atoms with E-state index in [-0.39, 0.29) is 19.1 Å². The van der Waals surface area contributed by atoms with Crippen LogP contribution in [0.25, 0.3) is 0 Å². The molecule has 1 heterocycles. The molecule has 0 radical (unpaired) electrons. The van der Waals surface area contributed by atoms with Gasteiger partial charge in [0.05, 0.1) is 13.2 Å². The standard InChI is InChI=1S/C12H23NO7/c1-3-6(2)8(11(17)18)13-5-12(19)10(16)9(15)7(14)4-20-12/h6-10,13-16,19H,3-5H2,1-2H3,(H,17,18)/t6-,7+,8-,9+,10-,12+/m0/s1. The van der Waals surface area contributed by atoms with Crippen molar-refractivity contribution in [1.29, 1.82) is 0 Å². The molecule has 0 spiro atoms. The van der Waals surface area contributed by atoms with E-state index in [1.165, 1.54) is 0 Å². The number of ether oxygens (including phenoxy) is 1. The van der Waals surface area contributed by atoms with Gasteiger partial charge in [-0.2, -0.15) is 0 Å². The molecule has 0 saturated carbocycles. The Hall–Kier alpha value is -0.770. The van der Waals surface area contributed by atoms with E-state index in [9.17, 15) is 25.2 Å². The van der Waals surface area contributed by atoms with Gasteiger partial charge >= 0.3 is 5.97 Å². The van der Waals surface area contributed by atoms with Gasteiger partial charge in [0, 0.05) is 0 Å². The molecule has 0 amide bonds. The number of aliphatic carboxylic acids is 1. The zero-order valence-electron chi connectivity index (χ0n) is 11.6. The molecule has 6 atom stereocenters. The van der Waals surface area contributed by atoms with Crippen molar-refractivity contribution in [2.24, 2.45) is 5.92 Å². The summed E-state index contributed by atoms with van der Waals surface area (Å²) in [6.45, 7) is 2.85. The second-order valence-corrected chi connectivity index (χ2v) is 5.24. The van der Waals surface area contributed by atoms with Crippen molar-refractivity contribution < 1.29 is 35.1 Å². The first-order chi connectivity index (χ1) is 9.23. The summed E-state index contributed by atoms with van der Waals surface area (Å²) in [5.41, 5.74) is 0. The van der Waals surface area contributed by atoms with Gasteiger partial charge in [0.2, 0.25) is 5.79 Å². The molecular formula is C12H23NO7. The Morgan fingerprint density at radius 2 is 2.05 bits per heavy atom. The van der Waals surface area contributed by atoms with Gasteiger partial charge in [-0.3, -0.25) is 10.1 Å². The summed E-state index contributed by atoms with van der Waals surface area (Å²) in [5, 5.41) is 50.4. The van der Waals surface area contributed by atoms with E-state index in [2.05, 4.69) is 5.32 Å². The molecule has 0 aromatic carbocycles. The van der Waals surface area contributed by atoms with Gasteiger partial charge in [0.25, 0.3) is 0 Å². The quantitative estimate of drug-likeness (QED) is 0.326. The minimum absolute atomic E-state index is 0.188. The molecular weight excluding hydrogens is 270 g/mol. The SMILES string of the molecule is CC[C@H](C)[C@H](NC[C@@]1(O)OC[C@@H](O)[C@@H](O)[C@@H]1O)C(=O)O. The van der Waals surface area contributed by atoms with Crippen LogP contribution in [0, 0.1) is 5.92 Å². The number of aliphatic hydroxyl groups excluding tert-OH is 3. The number of carboxylic acid groups (broad SMARTS) is 1. The Bertz CT molecular complexity index is 340. The predicted molar refractivity (Wildman–Crippen MR) is 67.8 cm³/mol. The highest BCUT2D eigenvalue weighted by molar-refractivity contribution is 5.73. The average Bonchev–Trinajstić information content (AvgIpc) is 2.41. The molecule has 1 aliphatic rings. The fourth-order valence-corrected chi connectivity index (χ4v) is 2.07. The lowest BCUT2D eigenvalue weighted by molar-refractivity contribution is -0.318. The van der Waals surface area contributed by atoms with Crippen molar-refractivity contribution in [1.82, 2.24) is 5.32 Å². The third kappa shape index (κ3) is 3.66. The first-order valence-electron chi connectivity index (χ1n) is 6.59. The summed E-state index contributed by atoms with van der Waals surface area (Å²) in [5.74, 6) is -3.40. The molecule has 1 rings (SSSR count). The van der Waals surface area contributed by atoms with Crippen LogP contribution in [-0.4, -0.2) is 74.8 Å². The molecule has 0 bridgehead atoms. The van der Waals surface area contributed by atoms with Gasteiger partial charge in [-0.25, -0.2) is 0 Å².